The molecule has 0 spiro atoms. The molecule has 0 saturated carbocycles. The van der Waals surface area contributed by atoms with Gasteiger partial charge in [-0.25, -0.2) is 9.78 Å². The summed E-state index contributed by atoms with van der Waals surface area (Å²) in [7, 11) is 1.98. The van der Waals surface area contributed by atoms with Gasteiger partial charge in [0.25, 0.3) is 0 Å². The second-order valence-electron chi connectivity index (χ2n) is 5.97. The van der Waals surface area contributed by atoms with Gasteiger partial charge in [0.2, 0.25) is 0 Å². The molecule has 1 N–H and O–H groups in total. The van der Waals surface area contributed by atoms with E-state index in [1.54, 1.807) is 12.1 Å². The number of aryl methyl sites for hydroxylation is 1. The van der Waals surface area contributed by atoms with Crippen molar-refractivity contribution >= 4 is 17.0 Å². The smallest absolute Gasteiger partial charge is 0.335 e. The summed E-state index contributed by atoms with van der Waals surface area (Å²) < 4.78 is 7.96. The summed E-state index contributed by atoms with van der Waals surface area (Å²) in [4.78, 5) is 15.8. The Kier molecular flexibility index (Phi) is 3.24. The SMILES string of the molecule is CC1OC(C)C(c2nc3cc(C(=O)O)ccc3n2C)C1C. The molecule has 1 saturated heterocycles. The van der Waals surface area contributed by atoms with Gasteiger partial charge in [-0.05, 0) is 38.0 Å². The predicted octanol–water partition coefficient (Wildman–Crippen LogP) is 2.80. The molecular weight excluding hydrogens is 268 g/mol. The van der Waals surface area contributed by atoms with E-state index in [-0.39, 0.29) is 23.7 Å². The summed E-state index contributed by atoms with van der Waals surface area (Å²) in [6.45, 7) is 6.35. The molecule has 1 fully saturated rings. The summed E-state index contributed by atoms with van der Waals surface area (Å²) >= 11 is 0. The largest absolute Gasteiger partial charge is 0.478 e. The minimum absolute atomic E-state index is 0.115. The molecule has 1 aliphatic rings. The maximum atomic E-state index is 11.1. The zero-order chi connectivity index (χ0) is 15.3. The van der Waals surface area contributed by atoms with E-state index in [1.165, 1.54) is 0 Å². The molecule has 3 rings (SSSR count). The fourth-order valence-electron chi connectivity index (χ4n) is 3.36. The zero-order valence-electron chi connectivity index (χ0n) is 12.7. The first-order chi connectivity index (χ1) is 9.90. The van der Waals surface area contributed by atoms with E-state index in [0.717, 1.165) is 16.9 Å². The standard InChI is InChI=1S/C16H20N2O3/c1-8-9(2)21-10(3)14(8)15-17-12-7-11(16(19)20)5-6-13(12)18(15)4/h5-10,14H,1-4H3,(H,19,20). The van der Waals surface area contributed by atoms with Crippen molar-refractivity contribution in [3.05, 3.63) is 29.6 Å². The number of ether oxygens (including phenoxy) is 1. The Morgan fingerprint density at radius 1 is 1.29 bits per heavy atom. The quantitative estimate of drug-likeness (QED) is 0.923. The Hall–Kier alpha value is -1.88. The van der Waals surface area contributed by atoms with E-state index in [2.05, 4.69) is 25.3 Å². The van der Waals surface area contributed by atoms with Gasteiger partial charge in [0.1, 0.15) is 5.82 Å². The lowest BCUT2D eigenvalue weighted by Gasteiger charge is -2.18. The molecule has 0 radical (unpaired) electrons. The average molecular weight is 288 g/mol. The molecule has 1 aliphatic heterocycles. The lowest BCUT2D eigenvalue weighted by atomic mass is 9.89. The molecule has 4 atom stereocenters. The van der Waals surface area contributed by atoms with Crippen LogP contribution in [0, 0.1) is 5.92 Å². The maximum absolute atomic E-state index is 11.1. The summed E-state index contributed by atoms with van der Waals surface area (Å²) in [6.07, 6.45) is 0.323. The Morgan fingerprint density at radius 3 is 2.57 bits per heavy atom. The van der Waals surface area contributed by atoms with Crippen LogP contribution in [-0.2, 0) is 11.8 Å². The molecule has 21 heavy (non-hydrogen) atoms. The van der Waals surface area contributed by atoms with Crippen molar-refractivity contribution in [3.8, 4) is 0 Å². The van der Waals surface area contributed by atoms with Crippen LogP contribution >= 0.6 is 0 Å². The highest BCUT2D eigenvalue weighted by Crippen LogP contribution is 2.40. The molecular formula is C16H20N2O3. The van der Waals surface area contributed by atoms with E-state index < -0.39 is 5.97 Å². The Labute approximate surface area is 123 Å². The van der Waals surface area contributed by atoms with Gasteiger partial charge in [-0.2, -0.15) is 0 Å². The second kappa shape index (κ2) is 4.84. The first kappa shape index (κ1) is 14.1. The molecule has 4 unspecified atom stereocenters. The number of fused-ring (bicyclic) bond motifs is 1. The lowest BCUT2D eigenvalue weighted by Crippen LogP contribution is -2.19. The van der Waals surface area contributed by atoms with Crippen molar-refractivity contribution in [2.45, 2.75) is 38.9 Å². The number of aromatic carboxylic acids is 1. The van der Waals surface area contributed by atoms with E-state index >= 15 is 0 Å². The van der Waals surface area contributed by atoms with Crippen LogP contribution in [0.2, 0.25) is 0 Å². The normalized spacial score (nSPS) is 29.1. The van der Waals surface area contributed by atoms with Crippen molar-refractivity contribution in [1.29, 1.82) is 0 Å². The number of benzene rings is 1. The van der Waals surface area contributed by atoms with E-state index in [9.17, 15) is 4.79 Å². The molecule has 112 valence electrons. The van der Waals surface area contributed by atoms with Crippen LogP contribution in [-0.4, -0.2) is 32.8 Å². The van der Waals surface area contributed by atoms with Crippen molar-refractivity contribution in [2.24, 2.45) is 13.0 Å². The number of aromatic nitrogens is 2. The fourth-order valence-corrected chi connectivity index (χ4v) is 3.36. The van der Waals surface area contributed by atoms with E-state index in [1.807, 2.05) is 13.1 Å². The number of imidazole rings is 1. The minimum atomic E-state index is -0.927. The summed E-state index contributed by atoms with van der Waals surface area (Å²) in [5.74, 6) is 0.653. The van der Waals surface area contributed by atoms with Crippen LogP contribution < -0.4 is 0 Å². The summed E-state index contributed by atoms with van der Waals surface area (Å²) in [5.41, 5.74) is 1.95. The van der Waals surface area contributed by atoms with Gasteiger partial charge in [0, 0.05) is 13.0 Å². The monoisotopic (exact) mass is 288 g/mol. The first-order valence-electron chi connectivity index (χ1n) is 7.25. The number of hydrogen-bond donors (Lipinski definition) is 1. The average Bonchev–Trinajstić information content (AvgIpc) is 2.87. The van der Waals surface area contributed by atoms with Gasteiger partial charge >= 0.3 is 5.97 Å². The molecule has 1 aromatic carbocycles. The number of hydrogen-bond acceptors (Lipinski definition) is 3. The van der Waals surface area contributed by atoms with Crippen LogP contribution in [0.5, 0.6) is 0 Å². The minimum Gasteiger partial charge on any atom is -0.478 e. The van der Waals surface area contributed by atoms with Gasteiger partial charge in [0.15, 0.2) is 0 Å². The number of nitrogens with zero attached hydrogens (tertiary/aromatic N) is 2. The molecule has 0 aliphatic carbocycles. The summed E-state index contributed by atoms with van der Waals surface area (Å²) in [5, 5.41) is 9.10. The predicted molar refractivity (Wildman–Crippen MR) is 79.6 cm³/mol. The van der Waals surface area contributed by atoms with Gasteiger partial charge in [-0.3, -0.25) is 0 Å². The van der Waals surface area contributed by atoms with Gasteiger partial charge in [0.05, 0.1) is 28.8 Å². The number of rotatable bonds is 2. The highest BCUT2D eigenvalue weighted by molar-refractivity contribution is 5.92. The highest BCUT2D eigenvalue weighted by Gasteiger charge is 2.40. The summed E-state index contributed by atoms with van der Waals surface area (Å²) in [6, 6.07) is 5.08. The maximum Gasteiger partial charge on any atom is 0.335 e. The highest BCUT2D eigenvalue weighted by atomic mass is 16.5. The van der Waals surface area contributed by atoms with Gasteiger partial charge < -0.3 is 14.4 Å². The van der Waals surface area contributed by atoms with Gasteiger partial charge in [-0.15, -0.1) is 0 Å². The van der Waals surface area contributed by atoms with Crippen molar-refractivity contribution in [2.75, 3.05) is 0 Å². The topological polar surface area (TPSA) is 64.3 Å². The molecule has 2 aromatic rings. The number of carbonyl (C=O) groups is 1. The molecule has 1 aromatic heterocycles. The molecule has 5 nitrogen and oxygen atoms in total. The Balaban J connectivity index is 2.11. The van der Waals surface area contributed by atoms with Crippen molar-refractivity contribution in [3.63, 3.8) is 0 Å². The van der Waals surface area contributed by atoms with Crippen LogP contribution in [0.4, 0.5) is 0 Å². The van der Waals surface area contributed by atoms with E-state index in [4.69, 9.17) is 14.8 Å². The van der Waals surface area contributed by atoms with Crippen LogP contribution in [0.3, 0.4) is 0 Å². The van der Waals surface area contributed by atoms with Crippen LogP contribution in [0.15, 0.2) is 18.2 Å². The Morgan fingerprint density at radius 2 is 2.00 bits per heavy atom. The van der Waals surface area contributed by atoms with Crippen LogP contribution in [0.1, 0.15) is 42.9 Å². The molecule has 5 heteroatoms. The Bertz CT molecular complexity index is 707. The molecule has 2 heterocycles. The fraction of sp³-hybridized carbons (Fsp3) is 0.500. The lowest BCUT2D eigenvalue weighted by molar-refractivity contribution is 0.0552. The third kappa shape index (κ3) is 2.12. The molecule has 0 amide bonds. The third-order valence-corrected chi connectivity index (χ3v) is 4.70. The number of carboxylic acid groups (broad SMARTS) is 1. The second-order valence-corrected chi connectivity index (χ2v) is 5.97. The van der Waals surface area contributed by atoms with Crippen LogP contribution in [0.25, 0.3) is 11.0 Å². The number of carboxylic acids is 1. The van der Waals surface area contributed by atoms with Crippen molar-refractivity contribution in [1.82, 2.24) is 9.55 Å². The molecule has 0 bridgehead atoms. The van der Waals surface area contributed by atoms with Gasteiger partial charge in [-0.1, -0.05) is 6.92 Å². The third-order valence-electron chi connectivity index (χ3n) is 4.70. The van der Waals surface area contributed by atoms with E-state index in [0.29, 0.717) is 5.92 Å². The van der Waals surface area contributed by atoms with Crippen molar-refractivity contribution < 1.29 is 14.6 Å². The zero-order valence-corrected chi connectivity index (χ0v) is 12.7. The first-order valence-corrected chi connectivity index (χ1v) is 7.25.